The molecule has 8 heteroatoms. The molecule has 1 aliphatic heterocycles. The van der Waals surface area contributed by atoms with Crippen molar-refractivity contribution in [3.05, 3.63) is 35.7 Å². The Kier molecular flexibility index (Phi) is 6.63. The van der Waals surface area contributed by atoms with Crippen LogP contribution in [0.5, 0.6) is 0 Å². The second-order valence-electron chi connectivity index (χ2n) is 4.93. The van der Waals surface area contributed by atoms with Crippen LogP contribution < -0.4 is 61.4 Å². The normalized spacial score (nSPS) is 14.2. The predicted molar refractivity (Wildman–Crippen MR) is 77.4 cm³/mol. The first kappa shape index (κ1) is 18.4. The predicted octanol–water partition coefficient (Wildman–Crippen LogP) is -2.95. The zero-order valence-electron chi connectivity index (χ0n) is 13.2. The number of aromatic nitrogens is 3. The third-order valence-corrected chi connectivity index (χ3v) is 3.48. The number of pyridine rings is 1. The Morgan fingerprint density at radius 3 is 2.61 bits per heavy atom. The van der Waals surface area contributed by atoms with E-state index in [9.17, 15) is 9.90 Å². The maximum atomic E-state index is 11.5. The van der Waals surface area contributed by atoms with Crippen molar-refractivity contribution in [2.24, 2.45) is 0 Å². The number of carbonyl (C=O) groups excluding carboxylic acids is 1. The number of rotatable bonds is 3. The van der Waals surface area contributed by atoms with Crippen molar-refractivity contribution >= 4 is 11.8 Å². The van der Waals surface area contributed by atoms with Crippen LogP contribution >= 0.6 is 0 Å². The van der Waals surface area contributed by atoms with Gasteiger partial charge in [-0.1, -0.05) is 6.07 Å². The van der Waals surface area contributed by atoms with E-state index >= 15 is 0 Å². The number of morpholine rings is 1. The molecular weight excluding hydrogens is 323 g/mol. The topological polar surface area (TPSA) is 91.3 Å². The van der Waals surface area contributed by atoms with E-state index in [-0.39, 0.29) is 56.9 Å². The molecule has 0 amide bonds. The SMILES string of the molecule is Cc1nc(-c2ccccn2)nc(N2CCOCC2)c1C(=O)[O-].[K+]. The number of ether oxygens (including phenoxy) is 1. The summed E-state index contributed by atoms with van der Waals surface area (Å²) in [5, 5.41) is 11.5. The molecule has 0 aliphatic carbocycles. The van der Waals surface area contributed by atoms with E-state index < -0.39 is 5.97 Å². The summed E-state index contributed by atoms with van der Waals surface area (Å²) in [7, 11) is 0. The zero-order chi connectivity index (χ0) is 15.5. The van der Waals surface area contributed by atoms with Gasteiger partial charge in [-0.2, -0.15) is 0 Å². The minimum atomic E-state index is -1.27. The van der Waals surface area contributed by atoms with E-state index in [1.807, 2.05) is 11.0 Å². The van der Waals surface area contributed by atoms with Gasteiger partial charge in [0.25, 0.3) is 0 Å². The Morgan fingerprint density at radius 1 is 1.26 bits per heavy atom. The van der Waals surface area contributed by atoms with Gasteiger partial charge in [-0.3, -0.25) is 4.98 Å². The summed E-state index contributed by atoms with van der Waals surface area (Å²) in [6.45, 7) is 3.88. The third-order valence-electron chi connectivity index (χ3n) is 3.48. The number of aryl methyl sites for hydroxylation is 1. The quantitative estimate of drug-likeness (QED) is 0.553. The van der Waals surface area contributed by atoms with Gasteiger partial charge in [0, 0.05) is 19.3 Å². The molecule has 0 spiro atoms. The van der Waals surface area contributed by atoms with Crippen LogP contribution in [0.3, 0.4) is 0 Å². The van der Waals surface area contributed by atoms with Crippen molar-refractivity contribution in [3.63, 3.8) is 0 Å². The van der Waals surface area contributed by atoms with Gasteiger partial charge in [0.15, 0.2) is 5.82 Å². The van der Waals surface area contributed by atoms with Crippen LogP contribution in [0.4, 0.5) is 5.82 Å². The Labute approximate surface area is 176 Å². The Balaban J connectivity index is 0.00000192. The number of aromatic carboxylic acids is 1. The number of carboxylic acid groups (broad SMARTS) is 1. The van der Waals surface area contributed by atoms with Crippen LogP contribution in [0.25, 0.3) is 11.5 Å². The van der Waals surface area contributed by atoms with Gasteiger partial charge in [0.1, 0.15) is 11.5 Å². The van der Waals surface area contributed by atoms with Gasteiger partial charge in [0.2, 0.25) is 0 Å². The van der Waals surface area contributed by atoms with Crippen LogP contribution in [0.15, 0.2) is 24.4 Å². The minimum Gasteiger partial charge on any atom is -0.545 e. The Bertz CT molecular complexity index is 691. The number of hydrogen-bond donors (Lipinski definition) is 0. The second-order valence-corrected chi connectivity index (χ2v) is 4.93. The average molecular weight is 338 g/mol. The van der Waals surface area contributed by atoms with Crippen molar-refractivity contribution in [2.75, 3.05) is 31.2 Å². The molecule has 1 saturated heterocycles. The molecule has 2 aromatic rings. The van der Waals surface area contributed by atoms with Gasteiger partial charge < -0.3 is 19.5 Å². The molecule has 7 nitrogen and oxygen atoms in total. The largest absolute Gasteiger partial charge is 1.00 e. The second kappa shape index (κ2) is 8.27. The van der Waals surface area contributed by atoms with E-state index in [2.05, 4.69) is 15.0 Å². The van der Waals surface area contributed by atoms with Crippen LogP contribution in [-0.2, 0) is 4.74 Å². The van der Waals surface area contributed by atoms with Crippen LogP contribution in [-0.4, -0.2) is 47.2 Å². The summed E-state index contributed by atoms with van der Waals surface area (Å²) in [4.78, 5) is 26.3. The first-order valence-electron chi connectivity index (χ1n) is 7.01. The molecule has 0 aromatic carbocycles. The van der Waals surface area contributed by atoms with E-state index in [0.717, 1.165) is 0 Å². The summed E-state index contributed by atoms with van der Waals surface area (Å²) in [6.07, 6.45) is 1.65. The van der Waals surface area contributed by atoms with Crippen LogP contribution in [0.2, 0.25) is 0 Å². The monoisotopic (exact) mass is 338 g/mol. The van der Waals surface area contributed by atoms with Crippen LogP contribution in [0.1, 0.15) is 16.1 Å². The molecule has 2 aromatic heterocycles. The fourth-order valence-electron chi connectivity index (χ4n) is 2.41. The molecular formula is C15H15KN4O3. The molecule has 1 fully saturated rings. The van der Waals surface area contributed by atoms with Gasteiger partial charge in [-0.05, 0) is 19.1 Å². The van der Waals surface area contributed by atoms with Crippen molar-refractivity contribution in [2.45, 2.75) is 6.92 Å². The maximum Gasteiger partial charge on any atom is 1.00 e. The number of carboxylic acids is 1. The molecule has 23 heavy (non-hydrogen) atoms. The Morgan fingerprint density at radius 2 is 2.00 bits per heavy atom. The number of hydrogen-bond acceptors (Lipinski definition) is 7. The summed E-state index contributed by atoms with van der Waals surface area (Å²) >= 11 is 0. The van der Waals surface area contributed by atoms with Gasteiger partial charge >= 0.3 is 51.4 Å². The third kappa shape index (κ3) is 4.14. The van der Waals surface area contributed by atoms with E-state index in [1.54, 1.807) is 25.3 Å². The first-order valence-corrected chi connectivity index (χ1v) is 7.01. The molecule has 3 heterocycles. The summed E-state index contributed by atoms with van der Waals surface area (Å²) in [6, 6.07) is 5.42. The summed E-state index contributed by atoms with van der Waals surface area (Å²) in [5.41, 5.74) is 1.00. The molecule has 0 saturated carbocycles. The minimum absolute atomic E-state index is 0. The molecule has 0 atom stereocenters. The molecule has 0 radical (unpaired) electrons. The van der Waals surface area contributed by atoms with Crippen molar-refractivity contribution in [1.82, 2.24) is 15.0 Å². The molecule has 0 bridgehead atoms. The van der Waals surface area contributed by atoms with Gasteiger partial charge in [-0.25, -0.2) is 9.97 Å². The van der Waals surface area contributed by atoms with Crippen molar-refractivity contribution < 1.29 is 66.0 Å². The first-order chi connectivity index (χ1) is 10.7. The molecule has 114 valence electrons. The number of nitrogens with zero attached hydrogens (tertiary/aromatic N) is 4. The molecule has 3 rings (SSSR count). The van der Waals surface area contributed by atoms with E-state index in [4.69, 9.17) is 4.74 Å². The molecule has 0 unspecified atom stereocenters. The smallest absolute Gasteiger partial charge is 0.545 e. The van der Waals surface area contributed by atoms with Crippen molar-refractivity contribution in [1.29, 1.82) is 0 Å². The fraction of sp³-hybridized carbons (Fsp3) is 0.333. The van der Waals surface area contributed by atoms with Crippen LogP contribution in [0, 0.1) is 6.92 Å². The maximum absolute atomic E-state index is 11.5. The molecule has 1 aliphatic rings. The standard InChI is InChI=1S/C15H16N4O3.K/c1-10-12(15(20)21)14(19-6-8-22-9-7-19)18-13(17-10)11-4-2-3-5-16-11;/h2-5H,6-9H2,1H3,(H,20,21);/q;+1/p-1. The average Bonchev–Trinajstić information content (AvgIpc) is 2.55. The fourth-order valence-corrected chi connectivity index (χ4v) is 2.41. The van der Waals surface area contributed by atoms with Gasteiger partial charge in [0.05, 0.1) is 30.4 Å². The van der Waals surface area contributed by atoms with Gasteiger partial charge in [-0.15, -0.1) is 0 Å². The summed E-state index contributed by atoms with van der Waals surface area (Å²) in [5.74, 6) is -0.493. The molecule has 0 N–H and O–H groups in total. The van der Waals surface area contributed by atoms with E-state index in [1.165, 1.54) is 0 Å². The van der Waals surface area contributed by atoms with E-state index in [0.29, 0.717) is 49.3 Å². The zero-order valence-corrected chi connectivity index (χ0v) is 16.3. The summed E-state index contributed by atoms with van der Waals surface area (Å²) < 4.78 is 5.31. The van der Waals surface area contributed by atoms with Crippen molar-refractivity contribution in [3.8, 4) is 11.5 Å². The number of carbonyl (C=O) groups is 1. The Hall–Kier alpha value is -0.904. The number of anilines is 1.